The van der Waals surface area contributed by atoms with Crippen LogP contribution in [-0.2, 0) is 4.74 Å². The first-order chi connectivity index (χ1) is 9.93. The van der Waals surface area contributed by atoms with Crippen molar-refractivity contribution in [2.24, 2.45) is 11.8 Å². The Labute approximate surface area is 128 Å². The van der Waals surface area contributed by atoms with Crippen molar-refractivity contribution in [2.45, 2.75) is 45.1 Å². The van der Waals surface area contributed by atoms with Crippen LogP contribution in [0.2, 0.25) is 0 Å². The standard InChI is InChI=1S/C14H22N2O4S/c1-8(2)3-4-9-12(19)10(7-17)20-13(9)16-6-5-11(18)15-14(16)21/h5-6,8-10,12-13,17,19H,3-4,7H2,1-2H3,(H,15,18,21)/t9-,10-,12+,13-/m1/s1. The maximum atomic E-state index is 11.3. The van der Waals surface area contributed by atoms with Crippen molar-refractivity contribution in [1.29, 1.82) is 0 Å². The lowest BCUT2D eigenvalue weighted by Gasteiger charge is -2.23. The summed E-state index contributed by atoms with van der Waals surface area (Å²) in [4.78, 5) is 13.8. The lowest BCUT2D eigenvalue weighted by Crippen LogP contribution is -2.30. The highest BCUT2D eigenvalue weighted by Gasteiger charge is 2.43. The number of nitrogens with zero attached hydrogens (tertiary/aromatic N) is 1. The maximum Gasteiger partial charge on any atom is 0.251 e. The Bertz CT molecular complexity index is 583. The molecule has 0 amide bonds. The number of hydrogen-bond acceptors (Lipinski definition) is 5. The van der Waals surface area contributed by atoms with Gasteiger partial charge in [0.25, 0.3) is 5.56 Å². The van der Waals surface area contributed by atoms with Gasteiger partial charge in [0.2, 0.25) is 0 Å². The zero-order chi connectivity index (χ0) is 15.6. The van der Waals surface area contributed by atoms with Gasteiger partial charge in [-0.25, -0.2) is 0 Å². The summed E-state index contributed by atoms with van der Waals surface area (Å²) in [7, 11) is 0. The number of aromatic nitrogens is 2. The van der Waals surface area contributed by atoms with Crippen LogP contribution < -0.4 is 5.56 Å². The molecular formula is C14H22N2O4S. The second kappa shape index (κ2) is 6.83. The van der Waals surface area contributed by atoms with E-state index in [9.17, 15) is 15.0 Å². The molecule has 1 fully saturated rings. The largest absolute Gasteiger partial charge is 0.394 e. The number of hydrogen-bond donors (Lipinski definition) is 3. The molecule has 0 spiro atoms. The van der Waals surface area contributed by atoms with Gasteiger partial charge in [0, 0.05) is 18.2 Å². The summed E-state index contributed by atoms with van der Waals surface area (Å²) in [6.45, 7) is 3.99. The summed E-state index contributed by atoms with van der Waals surface area (Å²) in [5.41, 5.74) is -0.271. The monoisotopic (exact) mass is 314 g/mol. The molecule has 6 nitrogen and oxygen atoms in total. The van der Waals surface area contributed by atoms with Crippen LogP contribution in [0.4, 0.5) is 0 Å². The van der Waals surface area contributed by atoms with Crippen LogP contribution >= 0.6 is 12.2 Å². The number of H-pyrrole nitrogens is 1. The van der Waals surface area contributed by atoms with Gasteiger partial charge in [0.15, 0.2) is 4.77 Å². The highest BCUT2D eigenvalue weighted by Crippen LogP contribution is 2.38. The molecule has 0 radical (unpaired) electrons. The maximum absolute atomic E-state index is 11.3. The molecule has 1 aliphatic rings. The molecule has 21 heavy (non-hydrogen) atoms. The number of nitrogens with one attached hydrogen (secondary N) is 1. The van der Waals surface area contributed by atoms with Crippen molar-refractivity contribution in [3.8, 4) is 0 Å². The second-order valence-corrected chi connectivity index (χ2v) is 6.28. The summed E-state index contributed by atoms with van der Waals surface area (Å²) in [6, 6.07) is 1.37. The van der Waals surface area contributed by atoms with E-state index in [2.05, 4.69) is 18.8 Å². The van der Waals surface area contributed by atoms with Crippen LogP contribution in [0.5, 0.6) is 0 Å². The first kappa shape index (κ1) is 16.4. The van der Waals surface area contributed by atoms with E-state index >= 15 is 0 Å². The van der Waals surface area contributed by atoms with Gasteiger partial charge in [-0.15, -0.1) is 0 Å². The van der Waals surface area contributed by atoms with Crippen molar-refractivity contribution in [2.75, 3.05) is 6.61 Å². The van der Waals surface area contributed by atoms with E-state index in [1.54, 1.807) is 10.8 Å². The molecule has 0 saturated carbocycles. The molecule has 0 unspecified atom stereocenters. The van der Waals surface area contributed by atoms with Crippen LogP contribution in [0.25, 0.3) is 0 Å². The number of aromatic amines is 1. The Morgan fingerprint density at radius 2 is 2.24 bits per heavy atom. The Morgan fingerprint density at radius 1 is 1.52 bits per heavy atom. The number of ether oxygens (including phenoxy) is 1. The fourth-order valence-corrected chi connectivity index (χ4v) is 2.96. The van der Waals surface area contributed by atoms with Crippen LogP contribution in [-0.4, -0.2) is 38.6 Å². The number of aliphatic hydroxyl groups excluding tert-OH is 2. The van der Waals surface area contributed by atoms with Gasteiger partial charge in [0.1, 0.15) is 12.3 Å². The van der Waals surface area contributed by atoms with E-state index in [-0.39, 0.29) is 22.9 Å². The first-order valence-electron chi connectivity index (χ1n) is 7.20. The molecule has 0 aromatic carbocycles. The number of rotatable bonds is 5. The van der Waals surface area contributed by atoms with Crippen LogP contribution in [0.3, 0.4) is 0 Å². The predicted octanol–water partition coefficient (Wildman–Crippen LogP) is 1.21. The summed E-state index contributed by atoms with van der Waals surface area (Å²) in [6.07, 6.45) is 1.44. The predicted molar refractivity (Wildman–Crippen MR) is 80.5 cm³/mol. The first-order valence-corrected chi connectivity index (χ1v) is 7.60. The topological polar surface area (TPSA) is 87.5 Å². The van der Waals surface area contributed by atoms with Gasteiger partial charge >= 0.3 is 0 Å². The molecule has 4 atom stereocenters. The Balaban J connectivity index is 2.29. The molecule has 1 aromatic heterocycles. The average molecular weight is 314 g/mol. The van der Waals surface area contributed by atoms with Gasteiger partial charge in [-0.3, -0.25) is 14.3 Å². The molecule has 118 valence electrons. The van der Waals surface area contributed by atoms with Crippen molar-refractivity contribution >= 4 is 12.2 Å². The minimum absolute atomic E-state index is 0.165. The molecule has 7 heteroatoms. The molecule has 1 saturated heterocycles. The third-order valence-corrected chi connectivity index (χ3v) is 4.20. The SMILES string of the molecule is CC(C)CC[C@@H]1[C@H](O)[C@@H](CO)O[C@H]1n1ccc(=O)[nH]c1=S. The van der Waals surface area contributed by atoms with E-state index in [0.29, 0.717) is 5.92 Å². The fourth-order valence-electron chi connectivity index (χ4n) is 2.69. The van der Waals surface area contributed by atoms with E-state index in [1.165, 1.54) is 6.07 Å². The number of aliphatic hydroxyl groups is 2. The lowest BCUT2D eigenvalue weighted by atomic mass is 9.91. The van der Waals surface area contributed by atoms with Gasteiger partial charge in [0.05, 0.1) is 12.7 Å². The van der Waals surface area contributed by atoms with E-state index in [4.69, 9.17) is 17.0 Å². The lowest BCUT2D eigenvalue weighted by molar-refractivity contribution is -0.0477. The quantitative estimate of drug-likeness (QED) is 0.711. The van der Waals surface area contributed by atoms with E-state index in [0.717, 1.165) is 12.8 Å². The molecule has 2 rings (SSSR count). The van der Waals surface area contributed by atoms with Gasteiger partial charge in [-0.2, -0.15) is 0 Å². The van der Waals surface area contributed by atoms with E-state index in [1.807, 2.05) is 0 Å². The summed E-state index contributed by atoms with van der Waals surface area (Å²) >= 11 is 5.16. The Hall–Kier alpha value is -1.02. The third-order valence-electron chi connectivity index (χ3n) is 3.88. The Kier molecular flexibility index (Phi) is 5.32. The third kappa shape index (κ3) is 3.60. The molecule has 2 heterocycles. The van der Waals surface area contributed by atoms with Crippen molar-refractivity contribution < 1.29 is 14.9 Å². The van der Waals surface area contributed by atoms with E-state index < -0.39 is 18.4 Å². The van der Waals surface area contributed by atoms with Crippen molar-refractivity contribution in [3.05, 3.63) is 27.4 Å². The van der Waals surface area contributed by atoms with Gasteiger partial charge in [-0.1, -0.05) is 20.3 Å². The zero-order valence-electron chi connectivity index (χ0n) is 12.2. The average Bonchev–Trinajstić information content (AvgIpc) is 2.73. The van der Waals surface area contributed by atoms with Gasteiger partial charge < -0.3 is 14.9 Å². The molecule has 0 bridgehead atoms. The minimum atomic E-state index is -0.743. The highest BCUT2D eigenvalue weighted by atomic mass is 32.1. The van der Waals surface area contributed by atoms with Gasteiger partial charge in [-0.05, 0) is 24.6 Å². The summed E-state index contributed by atoms with van der Waals surface area (Å²) in [5, 5.41) is 19.7. The highest BCUT2D eigenvalue weighted by molar-refractivity contribution is 7.71. The van der Waals surface area contributed by atoms with Crippen LogP contribution in [0, 0.1) is 16.6 Å². The zero-order valence-corrected chi connectivity index (χ0v) is 13.0. The normalized spacial score (nSPS) is 29.2. The minimum Gasteiger partial charge on any atom is -0.394 e. The van der Waals surface area contributed by atoms with Crippen LogP contribution in [0.15, 0.2) is 17.1 Å². The fraction of sp³-hybridized carbons (Fsp3) is 0.714. The van der Waals surface area contributed by atoms with Crippen molar-refractivity contribution in [3.63, 3.8) is 0 Å². The molecular weight excluding hydrogens is 292 g/mol. The smallest absolute Gasteiger partial charge is 0.251 e. The molecule has 1 aromatic rings. The van der Waals surface area contributed by atoms with Crippen molar-refractivity contribution in [1.82, 2.24) is 9.55 Å². The Morgan fingerprint density at radius 3 is 2.81 bits per heavy atom. The summed E-state index contributed by atoms with van der Waals surface area (Å²) < 4.78 is 7.65. The second-order valence-electron chi connectivity index (χ2n) is 5.89. The summed E-state index contributed by atoms with van der Waals surface area (Å²) in [5.74, 6) is 0.344. The van der Waals surface area contributed by atoms with Crippen LogP contribution in [0.1, 0.15) is 32.9 Å². The molecule has 0 aliphatic carbocycles. The molecule has 3 N–H and O–H groups in total. The molecule has 1 aliphatic heterocycles.